The molecule has 12 heteroatoms. The zero-order chi connectivity index (χ0) is 35.7. The minimum absolute atomic E-state index is 0.0385. The molecule has 2 aliphatic heterocycles. The molecule has 4 aromatic rings. The lowest BCUT2D eigenvalue weighted by atomic mass is 10.0. The molecule has 6 rings (SSSR count). The Bertz CT molecular complexity index is 1800. The summed E-state index contributed by atoms with van der Waals surface area (Å²) >= 11 is 1.68. The monoisotopic (exact) mass is 711 g/mol. The van der Waals surface area contributed by atoms with Crippen LogP contribution in [0.5, 0.6) is 0 Å². The molecular formula is C39H49N7O4S. The smallest absolute Gasteiger partial charge is 0.245 e. The van der Waals surface area contributed by atoms with Crippen molar-refractivity contribution in [3.63, 3.8) is 0 Å². The molecule has 4 N–H and O–H groups in total. The molecule has 0 aliphatic carbocycles. The number of rotatable bonds is 8. The molecule has 0 spiro atoms. The third-order valence-electron chi connectivity index (χ3n) is 9.99. The van der Waals surface area contributed by atoms with Gasteiger partial charge in [0.2, 0.25) is 23.6 Å². The Kier molecular flexibility index (Phi) is 12.2. The quantitative estimate of drug-likeness (QED) is 0.222. The number of carbonyl (C=O) groups excluding carboxylic acids is 4. The van der Waals surface area contributed by atoms with Crippen molar-refractivity contribution in [3.8, 4) is 0 Å². The van der Waals surface area contributed by atoms with E-state index in [4.69, 9.17) is 0 Å². The molecule has 3 atom stereocenters. The van der Waals surface area contributed by atoms with Gasteiger partial charge in [0.1, 0.15) is 18.1 Å². The van der Waals surface area contributed by atoms with Crippen LogP contribution in [-0.4, -0.2) is 101 Å². The Balaban J connectivity index is 1.25. The van der Waals surface area contributed by atoms with E-state index in [1.807, 2.05) is 65.7 Å². The second-order valence-electron chi connectivity index (χ2n) is 13.8. The normalized spacial score (nSPS) is 22.2. The van der Waals surface area contributed by atoms with Crippen LogP contribution in [-0.2, 0) is 45.1 Å². The third kappa shape index (κ3) is 9.63. The summed E-state index contributed by atoms with van der Waals surface area (Å²) < 4.78 is 0. The third-order valence-corrected chi connectivity index (χ3v) is 11.0. The fraction of sp³-hybridized carbons (Fsp3) is 0.436. The van der Waals surface area contributed by atoms with Crippen LogP contribution in [0.25, 0.3) is 10.9 Å². The van der Waals surface area contributed by atoms with Crippen molar-refractivity contribution in [2.24, 2.45) is 0 Å². The number of fused-ring (bicyclic) bond motifs is 1. The van der Waals surface area contributed by atoms with Gasteiger partial charge in [-0.25, -0.2) is 0 Å². The number of hydrogen-bond acceptors (Lipinski definition) is 7. The summed E-state index contributed by atoms with van der Waals surface area (Å²) in [5.41, 5.74) is 4.00. The molecule has 11 nitrogen and oxygen atoms in total. The molecule has 0 saturated carbocycles. The minimum atomic E-state index is -0.915. The molecule has 2 aliphatic rings. The second-order valence-corrected chi connectivity index (χ2v) is 14.8. The highest BCUT2D eigenvalue weighted by molar-refractivity contribution is 7.10. The first kappa shape index (κ1) is 36.3. The SMILES string of the molecule is C[C@H]1C(=O)N[C@@H](Cc2ccccc2)C(=O)NCCN(Cc2cc(CN3CCCCC3)cs2)CC(=O)N[C@@H](Cc2c[nH]c3ccccc23)C(=O)N1C. The van der Waals surface area contributed by atoms with E-state index in [0.29, 0.717) is 19.5 Å². The van der Waals surface area contributed by atoms with Gasteiger partial charge in [0, 0.05) is 68.0 Å². The zero-order valence-corrected chi connectivity index (χ0v) is 30.3. The number of amides is 4. The Morgan fingerprint density at radius 2 is 1.55 bits per heavy atom. The van der Waals surface area contributed by atoms with Gasteiger partial charge < -0.3 is 25.8 Å². The van der Waals surface area contributed by atoms with E-state index in [-0.39, 0.29) is 37.2 Å². The predicted molar refractivity (Wildman–Crippen MR) is 200 cm³/mol. The summed E-state index contributed by atoms with van der Waals surface area (Å²) in [6, 6.07) is 16.9. The van der Waals surface area contributed by atoms with Crippen LogP contribution in [0.4, 0.5) is 0 Å². The van der Waals surface area contributed by atoms with Gasteiger partial charge in [-0.05, 0) is 67.1 Å². The van der Waals surface area contributed by atoms with Crippen LogP contribution in [0.2, 0.25) is 0 Å². The molecule has 4 heterocycles. The summed E-state index contributed by atoms with van der Waals surface area (Å²) in [6.07, 6.45) is 6.17. The lowest BCUT2D eigenvalue weighted by Gasteiger charge is -2.30. The first-order chi connectivity index (χ1) is 24.7. The average molecular weight is 712 g/mol. The Hall–Kier alpha value is -4.52. The van der Waals surface area contributed by atoms with Gasteiger partial charge in [0.05, 0.1) is 6.54 Å². The highest BCUT2D eigenvalue weighted by Gasteiger charge is 2.33. The van der Waals surface area contributed by atoms with Gasteiger partial charge in [-0.15, -0.1) is 11.3 Å². The highest BCUT2D eigenvalue weighted by atomic mass is 32.1. The van der Waals surface area contributed by atoms with E-state index >= 15 is 0 Å². The molecule has 2 aromatic heterocycles. The average Bonchev–Trinajstić information content (AvgIpc) is 3.76. The van der Waals surface area contributed by atoms with Crippen molar-refractivity contribution in [2.75, 3.05) is 39.8 Å². The van der Waals surface area contributed by atoms with Crippen molar-refractivity contribution >= 4 is 45.9 Å². The topological polar surface area (TPSA) is 130 Å². The van der Waals surface area contributed by atoms with Gasteiger partial charge in [0.25, 0.3) is 0 Å². The van der Waals surface area contributed by atoms with Crippen LogP contribution in [0, 0.1) is 0 Å². The second kappa shape index (κ2) is 17.1. The van der Waals surface area contributed by atoms with E-state index in [1.54, 1.807) is 25.3 Å². The maximum atomic E-state index is 14.1. The number of carbonyl (C=O) groups is 4. The van der Waals surface area contributed by atoms with Gasteiger partial charge >= 0.3 is 0 Å². The van der Waals surface area contributed by atoms with Gasteiger partial charge in [-0.2, -0.15) is 0 Å². The van der Waals surface area contributed by atoms with Crippen molar-refractivity contribution in [3.05, 3.63) is 93.8 Å². The number of benzene rings is 2. The number of nitrogens with one attached hydrogen (secondary N) is 4. The van der Waals surface area contributed by atoms with Crippen LogP contribution >= 0.6 is 11.3 Å². The lowest BCUT2D eigenvalue weighted by molar-refractivity contribution is -0.142. The van der Waals surface area contributed by atoms with Crippen LogP contribution in [0.1, 0.15) is 47.8 Å². The van der Waals surface area contributed by atoms with Gasteiger partial charge in [0.15, 0.2) is 0 Å². The van der Waals surface area contributed by atoms with E-state index in [1.165, 1.54) is 29.7 Å². The molecule has 2 saturated heterocycles. The first-order valence-electron chi connectivity index (χ1n) is 18.0. The van der Waals surface area contributed by atoms with Crippen molar-refractivity contribution in [1.82, 2.24) is 35.6 Å². The zero-order valence-electron chi connectivity index (χ0n) is 29.5. The largest absolute Gasteiger partial charge is 0.361 e. The lowest BCUT2D eigenvalue weighted by Crippen LogP contribution is -2.57. The van der Waals surface area contributed by atoms with Crippen molar-refractivity contribution < 1.29 is 19.2 Å². The van der Waals surface area contributed by atoms with Gasteiger partial charge in [-0.3, -0.25) is 29.0 Å². The minimum Gasteiger partial charge on any atom is -0.361 e. The molecule has 4 amide bonds. The molecule has 0 unspecified atom stereocenters. The summed E-state index contributed by atoms with van der Waals surface area (Å²) in [5, 5.41) is 12.1. The van der Waals surface area contributed by atoms with Crippen molar-refractivity contribution in [2.45, 2.75) is 70.2 Å². The Labute approximate surface area is 303 Å². The van der Waals surface area contributed by atoms with Crippen LogP contribution in [0.15, 0.2) is 72.2 Å². The highest BCUT2D eigenvalue weighted by Crippen LogP contribution is 2.22. The summed E-state index contributed by atoms with van der Waals surface area (Å²) in [5.74, 6) is -1.45. The Morgan fingerprint density at radius 3 is 2.35 bits per heavy atom. The van der Waals surface area contributed by atoms with E-state index in [0.717, 1.165) is 46.5 Å². The number of aromatic nitrogens is 1. The molecule has 270 valence electrons. The van der Waals surface area contributed by atoms with E-state index < -0.39 is 24.0 Å². The first-order valence-corrected chi connectivity index (χ1v) is 18.9. The maximum absolute atomic E-state index is 14.1. The number of piperidine rings is 1. The molecule has 2 fully saturated rings. The maximum Gasteiger partial charge on any atom is 0.245 e. The van der Waals surface area contributed by atoms with Crippen LogP contribution < -0.4 is 16.0 Å². The molecule has 0 bridgehead atoms. The Morgan fingerprint density at radius 1 is 0.784 bits per heavy atom. The number of aromatic amines is 1. The van der Waals surface area contributed by atoms with Crippen LogP contribution in [0.3, 0.4) is 0 Å². The van der Waals surface area contributed by atoms with E-state index in [9.17, 15) is 19.2 Å². The molecule has 51 heavy (non-hydrogen) atoms. The molecular weight excluding hydrogens is 663 g/mol. The number of thiophene rings is 1. The molecule has 0 radical (unpaired) electrons. The standard InChI is InChI=1S/C39H49N7O4S/c1-27-37(48)43-34(20-28-11-5-3-6-12-28)38(49)40-15-18-46(24-31-19-29(26-51-31)23-45-16-9-4-10-17-45)25-36(47)42-35(39(50)44(27)2)21-30-22-41-33-14-8-7-13-32(30)33/h3,5-8,11-14,19,22,26-27,34-35,41H,4,9-10,15-18,20-21,23-25H2,1-2H3,(H,40,49)(H,42,47)(H,43,48)/t27-,34-,35-/m0/s1. The fourth-order valence-corrected chi connectivity index (χ4v) is 7.91. The number of hydrogen-bond donors (Lipinski definition) is 4. The van der Waals surface area contributed by atoms with E-state index in [2.05, 4.69) is 37.3 Å². The summed E-state index contributed by atoms with van der Waals surface area (Å²) in [6.45, 7) is 6.05. The van der Waals surface area contributed by atoms with Crippen molar-refractivity contribution in [1.29, 1.82) is 0 Å². The fourth-order valence-electron chi connectivity index (χ4n) is 6.99. The number of para-hydroxylation sites is 1. The number of likely N-dealkylation sites (tertiary alicyclic amines) is 1. The number of H-pyrrole nitrogens is 1. The number of likely N-dealkylation sites (N-methyl/N-ethyl adjacent to an activating group) is 1. The van der Waals surface area contributed by atoms with Gasteiger partial charge in [-0.1, -0.05) is 55.0 Å². The summed E-state index contributed by atoms with van der Waals surface area (Å²) in [7, 11) is 1.57. The molecule has 2 aromatic carbocycles. The summed E-state index contributed by atoms with van der Waals surface area (Å²) in [4.78, 5) is 65.4. The predicted octanol–water partition coefficient (Wildman–Crippen LogP) is 3.45. The number of nitrogens with zero attached hydrogens (tertiary/aromatic N) is 3.